The molecule has 3 heterocycles. The molecule has 5 nitrogen and oxygen atoms in total. The summed E-state index contributed by atoms with van der Waals surface area (Å²) in [7, 11) is 4.25. The highest BCUT2D eigenvalue weighted by Gasteiger charge is 2.40. The highest BCUT2D eigenvalue weighted by molar-refractivity contribution is 5.05. The van der Waals surface area contributed by atoms with E-state index in [1.54, 1.807) is 0 Å². The molecule has 0 amide bonds. The van der Waals surface area contributed by atoms with Crippen LogP contribution in [0.2, 0.25) is 0 Å². The van der Waals surface area contributed by atoms with E-state index in [1.807, 2.05) is 7.05 Å². The minimum atomic E-state index is 0.428. The van der Waals surface area contributed by atoms with Gasteiger partial charge in [-0.3, -0.25) is 0 Å². The van der Waals surface area contributed by atoms with Gasteiger partial charge in [-0.15, -0.1) is 0 Å². The summed E-state index contributed by atoms with van der Waals surface area (Å²) in [5.41, 5.74) is 0. The highest BCUT2D eigenvalue weighted by atomic mass is 16.5. The maximum atomic E-state index is 5.46. The topological polar surface area (TPSA) is 54.2 Å². The average Bonchev–Trinajstić information content (AvgIpc) is 2.98. The summed E-state index contributed by atoms with van der Waals surface area (Å²) >= 11 is 0. The van der Waals surface area contributed by atoms with Gasteiger partial charge in [0.05, 0.1) is 0 Å². The fourth-order valence-electron chi connectivity index (χ4n) is 3.80. The van der Waals surface area contributed by atoms with Gasteiger partial charge in [0.2, 0.25) is 5.89 Å². The molecule has 1 aromatic rings. The second-order valence-corrected chi connectivity index (χ2v) is 6.36. The van der Waals surface area contributed by atoms with E-state index in [2.05, 4.69) is 34.3 Å². The van der Waals surface area contributed by atoms with E-state index in [0.29, 0.717) is 12.0 Å². The lowest BCUT2D eigenvalue weighted by molar-refractivity contribution is 0.157. The Balaban J connectivity index is 1.65. The Bertz CT molecular complexity index is 429. The second kappa shape index (κ2) is 5.82. The van der Waals surface area contributed by atoms with E-state index in [0.717, 1.165) is 36.6 Å². The second-order valence-electron chi connectivity index (χ2n) is 6.36. The lowest BCUT2D eigenvalue weighted by atomic mass is 9.90. The summed E-state index contributed by atoms with van der Waals surface area (Å²) in [6.07, 6.45) is 6.95. The molecule has 2 aliphatic rings. The Labute approximate surface area is 121 Å². The number of hydrogen-bond acceptors (Lipinski definition) is 5. The van der Waals surface area contributed by atoms with Crippen molar-refractivity contribution in [2.24, 2.45) is 0 Å². The Morgan fingerprint density at radius 1 is 1.35 bits per heavy atom. The van der Waals surface area contributed by atoms with Crippen molar-refractivity contribution in [3.8, 4) is 0 Å². The molecule has 0 spiro atoms. The molecule has 2 fully saturated rings. The molecule has 0 radical (unpaired) electrons. The molecule has 20 heavy (non-hydrogen) atoms. The molecule has 1 aromatic heterocycles. The Morgan fingerprint density at radius 2 is 2.05 bits per heavy atom. The van der Waals surface area contributed by atoms with Gasteiger partial charge in [0.15, 0.2) is 5.82 Å². The zero-order valence-electron chi connectivity index (χ0n) is 12.8. The molecule has 3 atom stereocenters. The minimum Gasteiger partial charge on any atom is -0.339 e. The number of aromatic nitrogens is 2. The summed E-state index contributed by atoms with van der Waals surface area (Å²) in [4.78, 5) is 7.20. The van der Waals surface area contributed by atoms with Crippen molar-refractivity contribution < 1.29 is 4.52 Å². The van der Waals surface area contributed by atoms with Crippen LogP contribution in [0.1, 0.15) is 56.7 Å². The van der Waals surface area contributed by atoms with Gasteiger partial charge in [-0.05, 0) is 46.2 Å². The molecule has 0 aromatic carbocycles. The van der Waals surface area contributed by atoms with Crippen LogP contribution in [0.5, 0.6) is 0 Å². The Hall–Kier alpha value is -0.940. The van der Waals surface area contributed by atoms with Gasteiger partial charge in [0, 0.05) is 30.5 Å². The van der Waals surface area contributed by atoms with Gasteiger partial charge < -0.3 is 14.7 Å². The van der Waals surface area contributed by atoms with Gasteiger partial charge in [0.25, 0.3) is 0 Å². The first-order valence-electron chi connectivity index (χ1n) is 7.93. The van der Waals surface area contributed by atoms with Crippen molar-refractivity contribution >= 4 is 0 Å². The third kappa shape index (κ3) is 2.61. The third-order valence-electron chi connectivity index (χ3n) is 5.27. The van der Waals surface area contributed by atoms with Crippen LogP contribution >= 0.6 is 0 Å². The molecule has 2 aliphatic heterocycles. The summed E-state index contributed by atoms with van der Waals surface area (Å²) in [5, 5.41) is 7.54. The van der Waals surface area contributed by atoms with Gasteiger partial charge in [0.1, 0.15) is 0 Å². The predicted molar refractivity (Wildman–Crippen MR) is 77.7 cm³/mol. The van der Waals surface area contributed by atoms with Crippen LogP contribution in [0.3, 0.4) is 0 Å². The van der Waals surface area contributed by atoms with E-state index < -0.39 is 0 Å². The summed E-state index contributed by atoms with van der Waals surface area (Å²) in [6.45, 7) is 2.17. The van der Waals surface area contributed by atoms with Crippen molar-refractivity contribution in [2.75, 3.05) is 14.1 Å². The summed E-state index contributed by atoms with van der Waals surface area (Å²) in [5.74, 6) is 2.22. The van der Waals surface area contributed by atoms with Gasteiger partial charge in [-0.2, -0.15) is 4.98 Å². The van der Waals surface area contributed by atoms with Gasteiger partial charge in [-0.1, -0.05) is 12.1 Å². The maximum Gasteiger partial charge on any atom is 0.228 e. The van der Waals surface area contributed by atoms with E-state index in [-0.39, 0.29) is 0 Å². The molecule has 0 aliphatic carbocycles. The lowest BCUT2D eigenvalue weighted by Crippen LogP contribution is -2.39. The molecule has 1 N–H and O–H groups in total. The first kappa shape index (κ1) is 14.0. The van der Waals surface area contributed by atoms with E-state index in [9.17, 15) is 0 Å². The fraction of sp³-hybridized carbons (Fsp3) is 0.867. The average molecular weight is 278 g/mol. The van der Waals surface area contributed by atoms with E-state index in [1.165, 1.54) is 25.7 Å². The third-order valence-corrected chi connectivity index (χ3v) is 5.27. The van der Waals surface area contributed by atoms with Crippen LogP contribution in [-0.2, 0) is 6.42 Å². The van der Waals surface area contributed by atoms with Crippen LogP contribution in [0.4, 0.5) is 0 Å². The van der Waals surface area contributed by atoms with E-state index >= 15 is 0 Å². The number of nitrogens with one attached hydrogen (secondary N) is 1. The van der Waals surface area contributed by atoms with Crippen LogP contribution in [0.25, 0.3) is 0 Å². The lowest BCUT2D eigenvalue weighted by Gasteiger charge is -2.34. The van der Waals surface area contributed by atoms with Crippen molar-refractivity contribution in [2.45, 2.75) is 69.5 Å². The molecule has 2 bridgehead atoms. The summed E-state index contributed by atoms with van der Waals surface area (Å²) in [6, 6.07) is 1.87. The number of nitrogens with zero attached hydrogens (tertiary/aromatic N) is 3. The van der Waals surface area contributed by atoms with Crippen LogP contribution in [0, 0.1) is 0 Å². The molecule has 5 heteroatoms. The number of piperidine rings is 1. The maximum absolute atomic E-state index is 5.46. The fourth-order valence-corrected chi connectivity index (χ4v) is 3.80. The molecular formula is C15H26N4O. The van der Waals surface area contributed by atoms with Crippen molar-refractivity contribution in [3.63, 3.8) is 0 Å². The highest BCUT2D eigenvalue weighted by Crippen LogP contribution is 2.41. The van der Waals surface area contributed by atoms with Gasteiger partial charge >= 0.3 is 0 Å². The number of rotatable bonds is 5. The minimum absolute atomic E-state index is 0.428. The monoisotopic (exact) mass is 278 g/mol. The van der Waals surface area contributed by atoms with Crippen LogP contribution in [-0.4, -0.2) is 47.3 Å². The molecule has 112 valence electrons. The Morgan fingerprint density at radius 3 is 2.65 bits per heavy atom. The molecule has 2 saturated heterocycles. The zero-order valence-corrected chi connectivity index (χ0v) is 12.8. The largest absolute Gasteiger partial charge is 0.339 e. The zero-order chi connectivity index (χ0) is 14.1. The predicted octanol–water partition coefficient (Wildman–Crippen LogP) is 1.95. The van der Waals surface area contributed by atoms with Crippen LogP contribution < -0.4 is 5.32 Å². The molecular weight excluding hydrogens is 252 g/mol. The number of likely N-dealkylation sites (N-methyl/N-ethyl adjacent to an activating group) is 1. The Kier molecular flexibility index (Phi) is 4.08. The SMILES string of the molecule is CCC(Cc1nc(C2CC3CCC(C2)N3C)no1)NC. The molecule has 3 rings (SSSR count). The first-order chi connectivity index (χ1) is 9.71. The smallest absolute Gasteiger partial charge is 0.228 e. The first-order valence-corrected chi connectivity index (χ1v) is 7.93. The number of hydrogen-bond donors (Lipinski definition) is 1. The van der Waals surface area contributed by atoms with Crippen molar-refractivity contribution in [1.82, 2.24) is 20.4 Å². The van der Waals surface area contributed by atoms with Crippen LogP contribution in [0.15, 0.2) is 4.52 Å². The quantitative estimate of drug-likeness (QED) is 0.892. The molecule has 3 unspecified atom stereocenters. The van der Waals surface area contributed by atoms with Crippen molar-refractivity contribution in [3.05, 3.63) is 11.7 Å². The molecule has 0 saturated carbocycles. The standard InChI is InChI=1S/C15H26N4O/c1-4-11(16-2)9-14-17-15(18-20-14)10-7-12-5-6-13(8-10)19(12)3/h10-13,16H,4-9H2,1-3H3. The summed E-state index contributed by atoms with van der Waals surface area (Å²) < 4.78 is 5.46. The van der Waals surface area contributed by atoms with Gasteiger partial charge in [-0.25, -0.2) is 0 Å². The normalized spacial score (nSPS) is 31.6. The van der Waals surface area contributed by atoms with Crippen molar-refractivity contribution in [1.29, 1.82) is 0 Å². The number of fused-ring (bicyclic) bond motifs is 2. The van der Waals surface area contributed by atoms with E-state index in [4.69, 9.17) is 4.52 Å².